The predicted octanol–water partition coefficient (Wildman–Crippen LogP) is 4.24. The van der Waals surface area contributed by atoms with E-state index in [0.717, 1.165) is 30.6 Å². The summed E-state index contributed by atoms with van der Waals surface area (Å²) in [6.45, 7) is 6.48. The third-order valence-electron chi connectivity index (χ3n) is 3.09. The fourth-order valence-electron chi connectivity index (χ4n) is 1.75. The van der Waals surface area contributed by atoms with E-state index in [-0.39, 0.29) is 11.2 Å². The number of rotatable bonds is 5. The van der Waals surface area contributed by atoms with Gasteiger partial charge in [0.15, 0.2) is 5.78 Å². The van der Waals surface area contributed by atoms with Crippen LogP contribution in [0.5, 0.6) is 5.75 Å². The van der Waals surface area contributed by atoms with E-state index in [4.69, 9.17) is 4.74 Å². The Morgan fingerprint density at radius 2 is 2.06 bits per heavy atom. The predicted molar refractivity (Wildman–Crippen MR) is 73.1 cm³/mol. The molecule has 0 heterocycles. The zero-order valence-corrected chi connectivity index (χ0v) is 11.5. The number of carbonyl (C=O) groups is 1. The lowest BCUT2D eigenvalue weighted by molar-refractivity contribution is 0.0965. The van der Waals surface area contributed by atoms with Crippen LogP contribution in [0.3, 0.4) is 0 Å². The third kappa shape index (κ3) is 4.17. The summed E-state index contributed by atoms with van der Waals surface area (Å²) >= 11 is 0. The van der Waals surface area contributed by atoms with Gasteiger partial charge in [0.05, 0.1) is 6.10 Å². The average molecular weight is 246 g/mol. The van der Waals surface area contributed by atoms with Crippen LogP contribution >= 0.6 is 0 Å². The first-order valence-corrected chi connectivity index (χ1v) is 6.74. The Kier molecular flexibility index (Phi) is 3.74. The van der Waals surface area contributed by atoms with E-state index in [0.29, 0.717) is 12.5 Å². The molecule has 2 rings (SSSR count). The van der Waals surface area contributed by atoms with Gasteiger partial charge in [0, 0.05) is 12.0 Å². The molecule has 2 heteroatoms. The fraction of sp³-hybridized carbons (Fsp3) is 0.562. The first-order chi connectivity index (χ1) is 8.44. The number of ether oxygens (including phenoxy) is 1. The van der Waals surface area contributed by atoms with Gasteiger partial charge in [0.1, 0.15) is 5.75 Å². The Morgan fingerprint density at radius 1 is 1.33 bits per heavy atom. The number of ketones is 1. The van der Waals surface area contributed by atoms with Gasteiger partial charge in [-0.1, -0.05) is 32.9 Å². The number of hydrogen-bond donors (Lipinski definition) is 0. The standard InChI is InChI=1S/C16H22O2/c1-16(2,3)10-9-15(17)12-5-4-6-14(11-12)18-13-7-8-13/h4-6,11,13H,7-10H2,1-3H3. The minimum Gasteiger partial charge on any atom is -0.490 e. The zero-order valence-electron chi connectivity index (χ0n) is 11.5. The monoisotopic (exact) mass is 246 g/mol. The van der Waals surface area contributed by atoms with Crippen molar-refractivity contribution in [2.24, 2.45) is 5.41 Å². The lowest BCUT2D eigenvalue weighted by Crippen LogP contribution is -2.09. The van der Waals surface area contributed by atoms with Crippen LogP contribution in [0.15, 0.2) is 24.3 Å². The van der Waals surface area contributed by atoms with Crippen molar-refractivity contribution in [1.82, 2.24) is 0 Å². The first-order valence-electron chi connectivity index (χ1n) is 6.74. The molecule has 0 bridgehead atoms. The second-order valence-corrected chi connectivity index (χ2v) is 6.33. The van der Waals surface area contributed by atoms with E-state index in [1.54, 1.807) is 0 Å². The molecule has 0 unspecified atom stereocenters. The summed E-state index contributed by atoms with van der Waals surface area (Å²) in [5.41, 5.74) is 0.982. The molecule has 1 aromatic carbocycles. The van der Waals surface area contributed by atoms with Crippen molar-refractivity contribution >= 4 is 5.78 Å². The van der Waals surface area contributed by atoms with Crippen molar-refractivity contribution < 1.29 is 9.53 Å². The Balaban J connectivity index is 1.96. The molecule has 0 spiro atoms. The van der Waals surface area contributed by atoms with Crippen molar-refractivity contribution in [3.8, 4) is 5.75 Å². The SMILES string of the molecule is CC(C)(C)CCC(=O)c1cccc(OC2CC2)c1. The molecule has 1 aliphatic carbocycles. The van der Waals surface area contributed by atoms with Crippen LogP contribution in [0.25, 0.3) is 0 Å². The summed E-state index contributed by atoms with van der Waals surface area (Å²) in [7, 11) is 0. The smallest absolute Gasteiger partial charge is 0.163 e. The maximum atomic E-state index is 12.1. The van der Waals surface area contributed by atoms with Crippen molar-refractivity contribution in [3.05, 3.63) is 29.8 Å². The molecule has 2 nitrogen and oxygen atoms in total. The molecule has 0 saturated heterocycles. The molecule has 0 aliphatic heterocycles. The largest absolute Gasteiger partial charge is 0.490 e. The van der Waals surface area contributed by atoms with Gasteiger partial charge in [-0.25, -0.2) is 0 Å². The van der Waals surface area contributed by atoms with Gasteiger partial charge in [-0.05, 0) is 36.8 Å². The topological polar surface area (TPSA) is 26.3 Å². The summed E-state index contributed by atoms with van der Waals surface area (Å²) in [5.74, 6) is 1.05. The molecule has 0 aromatic heterocycles. The van der Waals surface area contributed by atoms with E-state index < -0.39 is 0 Å². The second kappa shape index (κ2) is 5.13. The summed E-state index contributed by atoms with van der Waals surface area (Å²) in [6.07, 6.45) is 4.19. The van der Waals surface area contributed by atoms with Gasteiger partial charge in [0.2, 0.25) is 0 Å². The van der Waals surface area contributed by atoms with E-state index >= 15 is 0 Å². The highest BCUT2D eigenvalue weighted by Gasteiger charge is 2.23. The molecular formula is C16H22O2. The van der Waals surface area contributed by atoms with Crippen LogP contribution in [0, 0.1) is 5.41 Å². The highest BCUT2D eigenvalue weighted by Crippen LogP contribution is 2.28. The quantitative estimate of drug-likeness (QED) is 0.726. The van der Waals surface area contributed by atoms with E-state index in [9.17, 15) is 4.79 Å². The van der Waals surface area contributed by atoms with Gasteiger partial charge in [-0.15, -0.1) is 0 Å². The molecule has 1 aliphatic rings. The van der Waals surface area contributed by atoms with Crippen molar-refractivity contribution in [3.63, 3.8) is 0 Å². The van der Waals surface area contributed by atoms with Crippen LogP contribution in [0.2, 0.25) is 0 Å². The molecule has 18 heavy (non-hydrogen) atoms. The second-order valence-electron chi connectivity index (χ2n) is 6.33. The molecule has 0 atom stereocenters. The number of hydrogen-bond acceptors (Lipinski definition) is 2. The first kappa shape index (κ1) is 13.1. The lowest BCUT2D eigenvalue weighted by atomic mass is 9.88. The Labute approximate surface area is 109 Å². The molecule has 1 saturated carbocycles. The maximum absolute atomic E-state index is 12.1. The molecule has 1 fully saturated rings. The molecule has 98 valence electrons. The molecule has 0 N–H and O–H groups in total. The molecule has 0 radical (unpaired) electrons. The Morgan fingerprint density at radius 3 is 2.67 bits per heavy atom. The summed E-state index contributed by atoms with van der Waals surface area (Å²) < 4.78 is 5.71. The number of benzene rings is 1. The van der Waals surface area contributed by atoms with Crippen molar-refractivity contribution in [1.29, 1.82) is 0 Å². The summed E-state index contributed by atoms with van der Waals surface area (Å²) in [4.78, 5) is 12.1. The van der Waals surface area contributed by atoms with Gasteiger partial charge >= 0.3 is 0 Å². The Hall–Kier alpha value is -1.31. The minimum absolute atomic E-state index is 0.206. The van der Waals surface area contributed by atoms with Crippen LogP contribution in [0.1, 0.15) is 56.8 Å². The van der Waals surface area contributed by atoms with Gasteiger partial charge < -0.3 is 4.74 Å². The molecule has 1 aromatic rings. The zero-order chi connectivity index (χ0) is 13.2. The highest BCUT2D eigenvalue weighted by molar-refractivity contribution is 5.96. The van der Waals surface area contributed by atoms with Gasteiger partial charge in [-0.2, -0.15) is 0 Å². The third-order valence-corrected chi connectivity index (χ3v) is 3.09. The Bertz CT molecular complexity index is 425. The summed E-state index contributed by atoms with van der Waals surface area (Å²) in [5, 5.41) is 0. The van der Waals surface area contributed by atoms with Crippen molar-refractivity contribution in [2.75, 3.05) is 0 Å². The lowest BCUT2D eigenvalue weighted by Gasteiger charge is -2.17. The minimum atomic E-state index is 0.206. The van der Waals surface area contributed by atoms with Crippen LogP contribution in [-0.2, 0) is 0 Å². The molecule has 0 amide bonds. The van der Waals surface area contributed by atoms with E-state index in [1.807, 2.05) is 24.3 Å². The average Bonchev–Trinajstić information content (AvgIpc) is 3.09. The van der Waals surface area contributed by atoms with Gasteiger partial charge in [0.25, 0.3) is 0 Å². The van der Waals surface area contributed by atoms with Crippen LogP contribution in [0.4, 0.5) is 0 Å². The maximum Gasteiger partial charge on any atom is 0.163 e. The van der Waals surface area contributed by atoms with Crippen LogP contribution < -0.4 is 4.74 Å². The normalized spacial score (nSPS) is 15.5. The van der Waals surface area contributed by atoms with Gasteiger partial charge in [-0.3, -0.25) is 4.79 Å². The van der Waals surface area contributed by atoms with E-state index in [2.05, 4.69) is 20.8 Å². The number of Topliss-reactive ketones (excluding diaryl/α,β-unsaturated/α-hetero) is 1. The fourth-order valence-corrected chi connectivity index (χ4v) is 1.75. The van der Waals surface area contributed by atoms with Crippen LogP contribution in [-0.4, -0.2) is 11.9 Å². The molecular weight excluding hydrogens is 224 g/mol. The van der Waals surface area contributed by atoms with Crippen molar-refractivity contribution in [2.45, 2.75) is 52.6 Å². The highest BCUT2D eigenvalue weighted by atomic mass is 16.5. The van der Waals surface area contributed by atoms with E-state index in [1.165, 1.54) is 0 Å². The number of carbonyl (C=O) groups excluding carboxylic acids is 1. The summed E-state index contributed by atoms with van der Waals surface area (Å²) in [6, 6.07) is 7.59.